The molecule has 5 aliphatic carbocycles. The predicted molar refractivity (Wildman–Crippen MR) is 155 cm³/mol. The lowest BCUT2D eigenvalue weighted by atomic mass is 9.32. The number of fused-ring (bicyclic) bond motifs is 7. The van der Waals surface area contributed by atoms with Crippen LogP contribution in [0.4, 0.5) is 4.79 Å². The van der Waals surface area contributed by atoms with Crippen molar-refractivity contribution in [2.24, 2.45) is 62.6 Å². The van der Waals surface area contributed by atoms with E-state index in [2.05, 4.69) is 48.5 Å². The second kappa shape index (κ2) is 9.38. The number of amides is 1. The van der Waals surface area contributed by atoms with E-state index in [1.54, 1.807) is 4.90 Å². The lowest BCUT2D eigenvalue weighted by molar-refractivity contribution is -0.249. The van der Waals surface area contributed by atoms with Crippen molar-refractivity contribution in [2.75, 3.05) is 13.6 Å². The van der Waals surface area contributed by atoms with Crippen LogP contribution in [0.1, 0.15) is 120 Å². The molecule has 0 aliphatic heterocycles. The lowest BCUT2D eigenvalue weighted by Crippen LogP contribution is -2.67. The summed E-state index contributed by atoms with van der Waals surface area (Å²) in [5.41, 5.74) is 0.0628. The normalized spacial score (nSPS) is 48.4. The van der Waals surface area contributed by atoms with Gasteiger partial charge in [-0.15, -0.1) is 0 Å². The smallest absolute Gasteiger partial charge is 0.409 e. The van der Waals surface area contributed by atoms with Crippen LogP contribution >= 0.6 is 0 Å². The monoisotopic (exact) mass is 543 g/mol. The number of hydrogen-bond acceptors (Lipinski definition) is 3. The highest BCUT2D eigenvalue weighted by atomic mass is 16.6. The zero-order valence-electron chi connectivity index (χ0n) is 26.4. The minimum absolute atomic E-state index is 0.0375. The van der Waals surface area contributed by atoms with Crippen LogP contribution in [0.3, 0.4) is 0 Å². The van der Waals surface area contributed by atoms with Crippen molar-refractivity contribution in [1.29, 1.82) is 0 Å². The number of nitrogens with zero attached hydrogens (tertiary/aromatic N) is 1. The Labute approximate surface area is 238 Å². The van der Waals surface area contributed by atoms with Crippen LogP contribution in [0.15, 0.2) is 0 Å². The van der Waals surface area contributed by atoms with Crippen LogP contribution in [0.5, 0.6) is 0 Å². The number of hydrogen-bond donors (Lipinski definition) is 1. The highest BCUT2D eigenvalue weighted by Gasteiger charge is 2.72. The van der Waals surface area contributed by atoms with Crippen LogP contribution in [-0.4, -0.2) is 41.8 Å². The molecule has 5 fully saturated rings. The zero-order valence-corrected chi connectivity index (χ0v) is 26.4. The number of carbonyl (C=O) groups is 2. The molecular formula is C34H57NO4. The van der Waals surface area contributed by atoms with E-state index >= 15 is 0 Å². The minimum Gasteiger partial charge on any atom is -0.481 e. The Bertz CT molecular complexity index is 992. The molecule has 10 atom stereocenters. The van der Waals surface area contributed by atoms with Gasteiger partial charge in [-0.3, -0.25) is 4.79 Å². The fourth-order valence-corrected chi connectivity index (χ4v) is 12.3. The average Bonchev–Trinajstić information content (AvgIpc) is 3.27. The van der Waals surface area contributed by atoms with Crippen LogP contribution < -0.4 is 0 Å². The molecule has 5 rings (SSSR count). The Morgan fingerprint density at radius 3 is 2.18 bits per heavy atom. The number of rotatable bonds is 4. The first-order valence-electron chi connectivity index (χ1n) is 16.3. The highest BCUT2D eigenvalue weighted by Crippen LogP contribution is 2.77. The van der Waals surface area contributed by atoms with Gasteiger partial charge in [-0.25, -0.2) is 4.79 Å². The third-order valence-corrected chi connectivity index (χ3v) is 14.7. The van der Waals surface area contributed by atoms with Gasteiger partial charge in [0.05, 0.1) is 5.41 Å². The summed E-state index contributed by atoms with van der Waals surface area (Å²) >= 11 is 0. The number of carboxylic acids is 1. The maximum Gasteiger partial charge on any atom is 0.409 e. The fourth-order valence-electron chi connectivity index (χ4n) is 12.3. The molecule has 0 spiro atoms. The molecule has 1 N–H and O–H groups in total. The number of carboxylic acid groups (broad SMARTS) is 1. The molecule has 5 nitrogen and oxygen atoms in total. The van der Waals surface area contributed by atoms with Crippen LogP contribution in [0.25, 0.3) is 0 Å². The summed E-state index contributed by atoms with van der Waals surface area (Å²) in [6.45, 7) is 19.8. The Morgan fingerprint density at radius 2 is 1.56 bits per heavy atom. The van der Waals surface area contributed by atoms with E-state index in [0.29, 0.717) is 42.1 Å². The van der Waals surface area contributed by atoms with E-state index in [0.717, 1.165) is 38.5 Å². The Balaban J connectivity index is 1.46. The molecule has 0 aromatic carbocycles. The molecule has 0 radical (unpaired) electrons. The molecule has 0 heterocycles. The van der Waals surface area contributed by atoms with Crippen molar-refractivity contribution in [1.82, 2.24) is 4.90 Å². The molecule has 5 saturated carbocycles. The first-order chi connectivity index (χ1) is 18.1. The second-order valence-corrected chi connectivity index (χ2v) is 16.3. The van der Waals surface area contributed by atoms with Gasteiger partial charge in [0, 0.05) is 19.0 Å². The third kappa shape index (κ3) is 3.82. The quantitative estimate of drug-likeness (QED) is 0.387. The van der Waals surface area contributed by atoms with Crippen molar-refractivity contribution in [3.63, 3.8) is 0 Å². The first-order valence-corrected chi connectivity index (χ1v) is 16.3. The average molecular weight is 544 g/mol. The van der Waals surface area contributed by atoms with Crippen molar-refractivity contribution >= 4 is 12.1 Å². The molecule has 5 heteroatoms. The van der Waals surface area contributed by atoms with E-state index in [1.807, 2.05) is 14.0 Å². The standard InChI is InChI=1S/C34H57NO4/c1-10-35(9)29(38)39-26-15-16-31(6)24(30(26,4)5)14-17-33(8)25(31)12-11-23-27-22(21(2)3)13-18-34(27,28(36)37)20-19-32(23,33)7/h21-27H,10-20H2,1-9H3,(H,36,37)/t22-,23+,24-,25+,26+,27+,31-,32+,33+,34-/m0/s1. The Morgan fingerprint density at radius 1 is 0.872 bits per heavy atom. The third-order valence-electron chi connectivity index (χ3n) is 14.7. The SMILES string of the molecule is CCN(C)C(=O)O[C@@H]1CC[C@]2(C)[C@H]3CC[C@@H]4[C@H]5[C@H](C(C)C)CC[C@]5(C(=O)O)CC[C@@]4(C)[C@]3(C)CC[C@H]2C1(C)C. The maximum atomic E-state index is 12.9. The molecule has 0 saturated heterocycles. The van der Waals surface area contributed by atoms with Gasteiger partial charge < -0.3 is 14.7 Å². The summed E-state index contributed by atoms with van der Waals surface area (Å²) in [5, 5.41) is 10.6. The Hall–Kier alpha value is -1.26. The molecule has 1 amide bonds. The van der Waals surface area contributed by atoms with Crippen molar-refractivity contribution in [3.8, 4) is 0 Å². The summed E-state index contributed by atoms with van der Waals surface area (Å²) < 4.78 is 6.17. The second-order valence-electron chi connectivity index (χ2n) is 16.3. The largest absolute Gasteiger partial charge is 0.481 e. The molecule has 0 aromatic rings. The van der Waals surface area contributed by atoms with E-state index in [9.17, 15) is 14.7 Å². The molecule has 5 aliphatic rings. The minimum atomic E-state index is -0.510. The van der Waals surface area contributed by atoms with Gasteiger partial charge in [0.25, 0.3) is 0 Å². The molecule has 222 valence electrons. The number of carbonyl (C=O) groups excluding carboxylic acids is 1. The van der Waals surface area contributed by atoms with E-state index < -0.39 is 11.4 Å². The Kier molecular flexibility index (Phi) is 7.03. The summed E-state index contributed by atoms with van der Waals surface area (Å²) in [7, 11) is 1.82. The van der Waals surface area contributed by atoms with Gasteiger partial charge in [-0.1, -0.05) is 48.5 Å². The van der Waals surface area contributed by atoms with Crippen molar-refractivity contribution in [2.45, 2.75) is 126 Å². The summed E-state index contributed by atoms with van der Waals surface area (Å²) in [5.74, 6) is 2.55. The van der Waals surface area contributed by atoms with Crippen molar-refractivity contribution < 1.29 is 19.4 Å². The zero-order chi connectivity index (χ0) is 28.8. The molecule has 0 unspecified atom stereocenters. The number of ether oxygens (including phenoxy) is 1. The maximum absolute atomic E-state index is 12.9. The summed E-state index contributed by atoms with van der Waals surface area (Å²) in [6.07, 6.45) is 10.5. The van der Waals surface area contributed by atoms with Gasteiger partial charge >= 0.3 is 12.1 Å². The van der Waals surface area contributed by atoms with Gasteiger partial charge in [-0.05, 0) is 123 Å². The number of aliphatic carboxylic acids is 1. The summed E-state index contributed by atoms with van der Waals surface area (Å²) in [6, 6.07) is 0. The topological polar surface area (TPSA) is 66.8 Å². The highest BCUT2D eigenvalue weighted by molar-refractivity contribution is 5.76. The van der Waals surface area contributed by atoms with Gasteiger partial charge in [0.1, 0.15) is 6.10 Å². The lowest BCUT2D eigenvalue weighted by Gasteiger charge is -2.72. The van der Waals surface area contributed by atoms with Gasteiger partial charge in [0.2, 0.25) is 0 Å². The van der Waals surface area contributed by atoms with Crippen LogP contribution in [0.2, 0.25) is 0 Å². The summed E-state index contributed by atoms with van der Waals surface area (Å²) in [4.78, 5) is 27.3. The van der Waals surface area contributed by atoms with Gasteiger partial charge in [0.15, 0.2) is 0 Å². The first kappa shape index (κ1) is 29.2. The van der Waals surface area contributed by atoms with E-state index in [-0.39, 0.29) is 33.9 Å². The molecule has 39 heavy (non-hydrogen) atoms. The molecule has 0 aromatic heterocycles. The predicted octanol–water partition coefficient (Wildman–Crippen LogP) is 8.27. The van der Waals surface area contributed by atoms with Gasteiger partial charge in [-0.2, -0.15) is 0 Å². The van der Waals surface area contributed by atoms with Crippen LogP contribution in [0, 0.1) is 62.6 Å². The van der Waals surface area contributed by atoms with Crippen LogP contribution in [-0.2, 0) is 9.53 Å². The molecule has 0 bridgehead atoms. The molecular weight excluding hydrogens is 486 g/mol. The van der Waals surface area contributed by atoms with Crippen molar-refractivity contribution in [3.05, 3.63) is 0 Å². The van der Waals surface area contributed by atoms with E-state index in [1.165, 1.54) is 25.7 Å². The van der Waals surface area contributed by atoms with E-state index in [4.69, 9.17) is 4.74 Å². The fraction of sp³-hybridized carbons (Fsp3) is 0.941.